The van der Waals surface area contributed by atoms with Gasteiger partial charge >= 0.3 is 29.8 Å². The van der Waals surface area contributed by atoms with E-state index in [4.69, 9.17) is 0 Å². The van der Waals surface area contributed by atoms with Crippen molar-refractivity contribution in [3.63, 3.8) is 0 Å². The molecule has 0 fully saturated rings. The molecule has 0 heterocycles. The maximum Gasteiger partial charge on any atom is 0.309 e. The molecule has 0 saturated carbocycles. The molecule has 0 amide bonds. The van der Waals surface area contributed by atoms with Gasteiger partial charge in [0.1, 0.15) is 5.78 Å². The first kappa shape index (κ1) is 39.7. The lowest BCUT2D eigenvalue weighted by Gasteiger charge is -2.07. The summed E-state index contributed by atoms with van der Waals surface area (Å²) in [4.78, 5) is 66.2. The molecular weight excluding hydrogens is 608 g/mol. The van der Waals surface area contributed by atoms with Gasteiger partial charge in [0.05, 0.1) is 67.7 Å². The first-order valence-electron chi connectivity index (χ1n) is 14.5. The van der Waals surface area contributed by atoms with Gasteiger partial charge in [0.25, 0.3) is 0 Å². The van der Waals surface area contributed by atoms with E-state index in [0.717, 1.165) is 33.4 Å². The fourth-order valence-electron chi connectivity index (χ4n) is 3.99. The van der Waals surface area contributed by atoms with Gasteiger partial charge in [-0.2, -0.15) is 0 Å². The van der Waals surface area contributed by atoms with Gasteiger partial charge in [-0.05, 0) is 40.3 Å². The highest BCUT2D eigenvalue weighted by Gasteiger charge is 2.11. The van der Waals surface area contributed by atoms with Crippen LogP contribution >= 0.6 is 0 Å². The number of carbonyl (C=O) groups excluding carboxylic acids is 6. The summed E-state index contributed by atoms with van der Waals surface area (Å²) >= 11 is 0. The zero-order valence-corrected chi connectivity index (χ0v) is 27.7. The van der Waals surface area contributed by atoms with Gasteiger partial charge in [-0.25, -0.2) is 0 Å². The molecule has 0 aromatic heterocycles. The summed E-state index contributed by atoms with van der Waals surface area (Å²) in [5.41, 5.74) is 5.10. The van der Waals surface area contributed by atoms with Crippen molar-refractivity contribution in [3.05, 3.63) is 106 Å². The van der Waals surface area contributed by atoms with Crippen molar-refractivity contribution >= 4 is 35.6 Å². The Kier molecular flexibility index (Phi) is 18.8. The van der Waals surface area contributed by atoms with Crippen molar-refractivity contribution in [1.29, 1.82) is 0 Å². The number of methoxy groups -OCH3 is 5. The van der Waals surface area contributed by atoms with Crippen LogP contribution in [0.3, 0.4) is 0 Å². The van der Waals surface area contributed by atoms with E-state index in [1.54, 1.807) is 31.2 Å². The van der Waals surface area contributed by atoms with Gasteiger partial charge in [0.2, 0.25) is 0 Å². The van der Waals surface area contributed by atoms with Gasteiger partial charge in [0.15, 0.2) is 0 Å². The second kappa shape index (κ2) is 22.2. The molecule has 0 spiro atoms. The van der Waals surface area contributed by atoms with E-state index in [1.165, 1.54) is 35.5 Å². The molecule has 3 rings (SSSR count). The minimum atomic E-state index is -0.322. The summed E-state index contributed by atoms with van der Waals surface area (Å²) in [5.74, 6) is -1.36. The molecule has 0 aliphatic heterocycles. The van der Waals surface area contributed by atoms with Crippen LogP contribution in [0.15, 0.2) is 72.8 Å². The Bertz CT molecular complexity index is 1410. The van der Waals surface area contributed by atoms with Crippen LogP contribution in [0.5, 0.6) is 0 Å². The maximum atomic E-state index is 11.2. The van der Waals surface area contributed by atoms with E-state index in [0.29, 0.717) is 6.42 Å². The third-order valence-corrected chi connectivity index (χ3v) is 6.44. The molecule has 0 aliphatic carbocycles. The number of ketones is 1. The molecule has 3 aromatic rings. The van der Waals surface area contributed by atoms with Crippen LogP contribution in [-0.4, -0.2) is 71.2 Å². The minimum absolute atomic E-state index is 0.135. The average molecular weight is 651 g/mol. The molecule has 0 atom stereocenters. The SMILES string of the molecule is COC(=O)Cc1ccc(CC(C)=O)cc1.COC(=O)Cc1cccc(CC(=O)OC)c1.COC(=O)Cc1ccccc1CC(=O)OC. The van der Waals surface area contributed by atoms with Gasteiger partial charge in [-0.15, -0.1) is 0 Å². The number of benzene rings is 3. The Morgan fingerprint density at radius 1 is 0.404 bits per heavy atom. The maximum absolute atomic E-state index is 11.2. The molecule has 252 valence electrons. The Hall–Kier alpha value is -5.32. The largest absolute Gasteiger partial charge is 0.469 e. The van der Waals surface area contributed by atoms with E-state index in [1.807, 2.05) is 48.5 Å². The second-order valence-corrected chi connectivity index (χ2v) is 10.0. The van der Waals surface area contributed by atoms with E-state index >= 15 is 0 Å². The molecular formula is C36H42O11. The Morgan fingerprint density at radius 3 is 1.06 bits per heavy atom. The molecule has 0 aliphatic rings. The standard InChI is InChI=1S/2C12H14O4.C12H14O3/c1-15-11(13)7-9-4-3-5-10(6-9)8-12(14)16-2;1-15-11(13)7-9-5-3-4-6-10(9)8-12(14)16-2;1-9(13)7-10-3-5-11(6-4-10)8-12(14)15-2/h2*3-6H,7-8H2,1-2H3;3-6H,7-8H2,1-2H3. The van der Waals surface area contributed by atoms with Crippen LogP contribution in [0.4, 0.5) is 0 Å². The highest BCUT2D eigenvalue weighted by atomic mass is 16.5. The summed E-state index contributed by atoms with van der Waals surface area (Å²) < 4.78 is 22.9. The van der Waals surface area contributed by atoms with Crippen LogP contribution in [-0.2, 0) is 91.0 Å². The summed E-state index contributed by atoms with van der Waals surface area (Å²) in [6.07, 6.45) is 1.49. The Labute approximate surface area is 275 Å². The van der Waals surface area contributed by atoms with Crippen molar-refractivity contribution in [3.8, 4) is 0 Å². The molecule has 0 N–H and O–H groups in total. The van der Waals surface area contributed by atoms with Crippen LogP contribution in [0.2, 0.25) is 0 Å². The van der Waals surface area contributed by atoms with E-state index in [2.05, 4.69) is 23.7 Å². The number of hydrogen-bond acceptors (Lipinski definition) is 11. The van der Waals surface area contributed by atoms with Crippen molar-refractivity contribution in [1.82, 2.24) is 0 Å². The Balaban J connectivity index is 0.000000353. The van der Waals surface area contributed by atoms with Gasteiger partial charge in [-0.1, -0.05) is 72.8 Å². The molecule has 47 heavy (non-hydrogen) atoms. The smallest absolute Gasteiger partial charge is 0.309 e. The number of ether oxygens (including phenoxy) is 5. The Morgan fingerprint density at radius 2 is 0.723 bits per heavy atom. The summed E-state index contributed by atoms with van der Waals surface area (Å²) in [5, 5.41) is 0. The zero-order chi connectivity index (χ0) is 35.2. The lowest BCUT2D eigenvalue weighted by molar-refractivity contribution is -0.141. The predicted molar refractivity (Wildman–Crippen MR) is 172 cm³/mol. The molecule has 0 unspecified atom stereocenters. The van der Waals surface area contributed by atoms with Gasteiger partial charge < -0.3 is 23.7 Å². The number of esters is 5. The van der Waals surface area contributed by atoms with E-state index in [9.17, 15) is 28.8 Å². The van der Waals surface area contributed by atoms with Crippen LogP contribution in [0, 0.1) is 0 Å². The van der Waals surface area contributed by atoms with E-state index in [-0.39, 0.29) is 67.7 Å². The highest BCUT2D eigenvalue weighted by molar-refractivity contribution is 5.78. The number of Topliss-reactive ketones (excluding diaryl/α,β-unsaturated/α-hetero) is 1. The summed E-state index contributed by atoms with van der Waals surface area (Å²) in [7, 11) is 6.74. The predicted octanol–water partition coefficient (Wildman–Crippen LogP) is 3.77. The minimum Gasteiger partial charge on any atom is -0.469 e. The topological polar surface area (TPSA) is 149 Å². The summed E-state index contributed by atoms with van der Waals surface area (Å²) in [6, 6.07) is 21.9. The number of hydrogen-bond donors (Lipinski definition) is 0. The fourth-order valence-corrected chi connectivity index (χ4v) is 3.99. The van der Waals surface area contributed by atoms with Crippen molar-refractivity contribution in [2.45, 2.75) is 45.4 Å². The quantitative estimate of drug-likeness (QED) is 0.208. The lowest BCUT2D eigenvalue weighted by Crippen LogP contribution is -2.10. The van der Waals surface area contributed by atoms with Crippen molar-refractivity contribution in [2.24, 2.45) is 0 Å². The average Bonchev–Trinajstić information content (AvgIpc) is 3.06. The van der Waals surface area contributed by atoms with Crippen molar-refractivity contribution in [2.75, 3.05) is 35.5 Å². The first-order chi connectivity index (χ1) is 22.4. The van der Waals surface area contributed by atoms with Crippen LogP contribution in [0.1, 0.15) is 40.3 Å². The molecule has 3 aromatic carbocycles. The summed E-state index contributed by atoms with van der Waals surface area (Å²) in [6.45, 7) is 1.56. The number of carbonyl (C=O) groups is 6. The molecule has 0 saturated heterocycles. The fraction of sp³-hybridized carbons (Fsp3) is 0.333. The number of rotatable bonds is 12. The van der Waals surface area contributed by atoms with Crippen LogP contribution < -0.4 is 0 Å². The molecule has 0 bridgehead atoms. The zero-order valence-electron chi connectivity index (χ0n) is 27.7. The van der Waals surface area contributed by atoms with Gasteiger partial charge in [0, 0.05) is 6.42 Å². The third-order valence-electron chi connectivity index (χ3n) is 6.44. The monoisotopic (exact) mass is 650 g/mol. The normalized spacial score (nSPS) is 9.66. The lowest BCUT2D eigenvalue weighted by atomic mass is 10.0. The molecule has 0 radical (unpaired) electrons. The molecule has 11 nitrogen and oxygen atoms in total. The van der Waals surface area contributed by atoms with Crippen molar-refractivity contribution < 1.29 is 52.5 Å². The van der Waals surface area contributed by atoms with Crippen LogP contribution in [0.25, 0.3) is 0 Å². The second-order valence-electron chi connectivity index (χ2n) is 10.0. The third kappa shape index (κ3) is 17.1. The first-order valence-corrected chi connectivity index (χ1v) is 14.5. The van der Waals surface area contributed by atoms with Gasteiger partial charge in [-0.3, -0.25) is 28.8 Å². The highest BCUT2D eigenvalue weighted by Crippen LogP contribution is 2.12. The molecule has 11 heteroatoms. The van der Waals surface area contributed by atoms with E-state index < -0.39 is 0 Å².